The molecule has 0 aromatic heterocycles. The van der Waals surface area contributed by atoms with E-state index >= 15 is 0 Å². The molecule has 0 bridgehead atoms. The predicted octanol–water partition coefficient (Wildman–Crippen LogP) is 12.6. The third-order valence-corrected chi connectivity index (χ3v) is 9.69. The molecule has 0 aliphatic heterocycles. The van der Waals surface area contributed by atoms with E-state index in [-0.39, 0.29) is 25.2 Å². The van der Waals surface area contributed by atoms with Crippen molar-refractivity contribution in [3.8, 4) is 0 Å². The molecule has 0 aliphatic carbocycles. The molecule has 0 saturated carbocycles. The van der Waals surface area contributed by atoms with Gasteiger partial charge >= 0.3 is 11.9 Å². The third kappa shape index (κ3) is 34.2. The Morgan fingerprint density at radius 1 is 0.500 bits per heavy atom. The van der Waals surface area contributed by atoms with Gasteiger partial charge in [0.15, 0.2) is 6.10 Å². The fraction of sp³-hybridized carbons (Fsp3) is 0.951. The molecule has 274 valence electrons. The van der Waals surface area contributed by atoms with Gasteiger partial charge in [-0.15, -0.1) is 0 Å². The highest BCUT2D eigenvalue weighted by Crippen LogP contribution is 2.17. The molecular formula is C41H80O5. The summed E-state index contributed by atoms with van der Waals surface area (Å²) in [5.74, 6) is 0.301. The van der Waals surface area contributed by atoms with Gasteiger partial charge in [-0.2, -0.15) is 0 Å². The van der Waals surface area contributed by atoms with Crippen LogP contribution in [0, 0.1) is 5.92 Å². The number of aliphatic hydroxyl groups is 1. The molecule has 0 heterocycles. The van der Waals surface area contributed by atoms with Gasteiger partial charge in [0.05, 0.1) is 6.61 Å². The van der Waals surface area contributed by atoms with E-state index in [1.54, 1.807) is 0 Å². The molecule has 0 radical (unpaired) electrons. The maximum Gasteiger partial charge on any atom is 0.306 e. The summed E-state index contributed by atoms with van der Waals surface area (Å²) >= 11 is 0. The lowest BCUT2D eigenvalue weighted by molar-refractivity contribution is -0.161. The topological polar surface area (TPSA) is 72.8 Å². The lowest BCUT2D eigenvalue weighted by Crippen LogP contribution is -2.28. The number of ether oxygens (including phenoxy) is 2. The number of rotatable bonds is 37. The summed E-state index contributed by atoms with van der Waals surface area (Å²) in [6.07, 6.45) is 38.7. The minimum absolute atomic E-state index is 0.0578. The first kappa shape index (κ1) is 44.9. The molecule has 0 rings (SSSR count). The smallest absolute Gasteiger partial charge is 0.306 e. The molecule has 0 aliphatic rings. The van der Waals surface area contributed by atoms with Crippen LogP contribution in [0.1, 0.15) is 226 Å². The van der Waals surface area contributed by atoms with Crippen LogP contribution >= 0.6 is 0 Å². The predicted molar refractivity (Wildman–Crippen MR) is 196 cm³/mol. The SMILES string of the molecule is CCCCCCCCCCCCCCCCCCCCC(=O)OC[C@H](CO)OC(=O)CCCCCCCCCCCCC(C)CC. The minimum Gasteiger partial charge on any atom is -0.462 e. The third-order valence-electron chi connectivity index (χ3n) is 9.69. The summed E-state index contributed by atoms with van der Waals surface area (Å²) in [6.45, 7) is 6.53. The van der Waals surface area contributed by atoms with E-state index < -0.39 is 6.10 Å². The zero-order chi connectivity index (χ0) is 33.8. The van der Waals surface area contributed by atoms with Crippen LogP contribution in [0.15, 0.2) is 0 Å². The van der Waals surface area contributed by atoms with E-state index in [1.165, 1.54) is 161 Å². The van der Waals surface area contributed by atoms with Crippen molar-refractivity contribution in [2.24, 2.45) is 5.92 Å². The highest BCUT2D eigenvalue weighted by Gasteiger charge is 2.16. The maximum atomic E-state index is 12.2. The normalized spacial score (nSPS) is 12.7. The van der Waals surface area contributed by atoms with Crippen molar-refractivity contribution in [3.63, 3.8) is 0 Å². The fourth-order valence-corrected chi connectivity index (χ4v) is 6.18. The average molecular weight is 653 g/mol. The molecule has 1 unspecified atom stereocenters. The second kappa shape index (κ2) is 36.7. The Labute approximate surface area is 287 Å². The first-order valence-electron chi connectivity index (χ1n) is 20.5. The number of unbranched alkanes of at least 4 members (excludes halogenated alkanes) is 26. The molecule has 0 aromatic carbocycles. The Morgan fingerprint density at radius 2 is 0.848 bits per heavy atom. The average Bonchev–Trinajstić information content (AvgIpc) is 3.06. The Kier molecular flexibility index (Phi) is 35.9. The van der Waals surface area contributed by atoms with Crippen molar-refractivity contribution in [3.05, 3.63) is 0 Å². The molecule has 5 nitrogen and oxygen atoms in total. The Balaban J connectivity index is 3.49. The number of carbonyl (C=O) groups is 2. The van der Waals surface area contributed by atoms with Gasteiger partial charge in [-0.3, -0.25) is 9.59 Å². The van der Waals surface area contributed by atoms with E-state index in [2.05, 4.69) is 20.8 Å². The van der Waals surface area contributed by atoms with E-state index in [0.717, 1.165) is 38.0 Å². The summed E-state index contributed by atoms with van der Waals surface area (Å²) in [5.41, 5.74) is 0. The maximum absolute atomic E-state index is 12.2. The van der Waals surface area contributed by atoms with E-state index in [4.69, 9.17) is 9.47 Å². The van der Waals surface area contributed by atoms with E-state index in [1.807, 2.05) is 0 Å². The molecule has 0 spiro atoms. The van der Waals surface area contributed by atoms with E-state index in [0.29, 0.717) is 12.8 Å². The lowest BCUT2D eigenvalue weighted by Gasteiger charge is -2.15. The first-order chi connectivity index (χ1) is 22.5. The van der Waals surface area contributed by atoms with Crippen LogP contribution in [0.5, 0.6) is 0 Å². The van der Waals surface area contributed by atoms with Crippen molar-refractivity contribution in [2.75, 3.05) is 13.2 Å². The Bertz CT molecular complexity index is 636. The summed E-state index contributed by atoms with van der Waals surface area (Å²) in [5, 5.41) is 9.55. The second-order valence-corrected chi connectivity index (χ2v) is 14.3. The van der Waals surface area contributed by atoms with Crippen LogP contribution in [0.3, 0.4) is 0 Å². The first-order valence-corrected chi connectivity index (χ1v) is 20.5. The summed E-state index contributed by atoms with van der Waals surface area (Å²) < 4.78 is 10.6. The lowest BCUT2D eigenvalue weighted by atomic mass is 9.99. The molecular weight excluding hydrogens is 572 g/mol. The molecule has 0 saturated heterocycles. The monoisotopic (exact) mass is 653 g/mol. The largest absolute Gasteiger partial charge is 0.462 e. The van der Waals surface area contributed by atoms with Gasteiger partial charge in [-0.1, -0.05) is 201 Å². The van der Waals surface area contributed by atoms with Gasteiger partial charge in [-0.25, -0.2) is 0 Å². The minimum atomic E-state index is -0.762. The summed E-state index contributed by atoms with van der Waals surface area (Å²) in [7, 11) is 0. The van der Waals surface area contributed by atoms with Gasteiger partial charge in [0.25, 0.3) is 0 Å². The molecule has 0 aromatic rings. The van der Waals surface area contributed by atoms with Crippen LogP contribution in [0.25, 0.3) is 0 Å². The van der Waals surface area contributed by atoms with Gasteiger partial charge in [0.1, 0.15) is 6.61 Å². The molecule has 2 atom stereocenters. The number of esters is 2. The highest BCUT2D eigenvalue weighted by atomic mass is 16.6. The van der Waals surface area contributed by atoms with Crippen molar-refractivity contribution >= 4 is 11.9 Å². The molecule has 0 amide bonds. The zero-order valence-corrected chi connectivity index (χ0v) is 31.3. The Hall–Kier alpha value is -1.10. The van der Waals surface area contributed by atoms with Crippen LogP contribution in [0.4, 0.5) is 0 Å². The van der Waals surface area contributed by atoms with Gasteiger partial charge in [-0.05, 0) is 18.8 Å². The quantitative estimate of drug-likeness (QED) is 0.0534. The number of hydrogen-bond donors (Lipinski definition) is 1. The van der Waals surface area contributed by atoms with Crippen LogP contribution in [-0.2, 0) is 19.1 Å². The van der Waals surface area contributed by atoms with Crippen LogP contribution in [0.2, 0.25) is 0 Å². The summed E-state index contributed by atoms with van der Waals surface area (Å²) in [6, 6.07) is 0. The second-order valence-electron chi connectivity index (χ2n) is 14.3. The number of carbonyl (C=O) groups excluding carboxylic acids is 2. The van der Waals surface area contributed by atoms with Crippen molar-refractivity contribution in [2.45, 2.75) is 232 Å². The van der Waals surface area contributed by atoms with Gasteiger partial charge in [0.2, 0.25) is 0 Å². The molecule has 5 heteroatoms. The highest BCUT2D eigenvalue weighted by molar-refractivity contribution is 5.70. The van der Waals surface area contributed by atoms with Crippen molar-refractivity contribution < 1.29 is 24.2 Å². The molecule has 46 heavy (non-hydrogen) atoms. The van der Waals surface area contributed by atoms with E-state index in [9.17, 15) is 14.7 Å². The number of aliphatic hydroxyl groups excluding tert-OH is 1. The standard InChI is InChI=1S/C41H80O5/c1-4-6-7-8-9-10-11-12-13-14-15-16-17-18-22-25-28-31-34-40(43)45-37-39(36-42)46-41(44)35-32-29-26-23-20-19-21-24-27-30-33-38(3)5-2/h38-39,42H,4-37H2,1-3H3/t38?,39-/m0/s1. The summed E-state index contributed by atoms with van der Waals surface area (Å²) in [4.78, 5) is 24.3. The Morgan fingerprint density at radius 3 is 1.22 bits per heavy atom. The van der Waals surface area contributed by atoms with Crippen molar-refractivity contribution in [1.82, 2.24) is 0 Å². The van der Waals surface area contributed by atoms with Crippen LogP contribution in [-0.4, -0.2) is 36.4 Å². The van der Waals surface area contributed by atoms with Crippen molar-refractivity contribution in [1.29, 1.82) is 0 Å². The fourth-order valence-electron chi connectivity index (χ4n) is 6.18. The molecule has 1 N–H and O–H groups in total. The molecule has 0 fully saturated rings. The van der Waals surface area contributed by atoms with Crippen LogP contribution < -0.4 is 0 Å². The zero-order valence-electron chi connectivity index (χ0n) is 31.3. The van der Waals surface area contributed by atoms with Gasteiger partial charge in [0, 0.05) is 12.8 Å². The number of hydrogen-bond acceptors (Lipinski definition) is 5. The van der Waals surface area contributed by atoms with Gasteiger partial charge < -0.3 is 14.6 Å².